The molecule has 0 aromatic heterocycles. The fourth-order valence-electron chi connectivity index (χ4n) is 8.74. The molecular formula is C42H67BN2O11Si. The van der Waals surface area contributed by atoms with Crippen molar-refractivity contribution in [3.8, 4) is 11.5 Å². The summed E-state index contributed by atoms with van der Waals surface area (Å²) in [5.41, 5.74) is 1.37. The molecule has 13 nitrogen and oxygen atoms in total. The molecule has 7 rings (SSSR count). The molecule has 2 saturated heterocycles. The van der Waals surface area contributed by atoms with Gasteiger partial charge in [0.25, 0.3) is 5.91 Å². The van der Waals surface area contributed by atoms with E-state index in [0.717, 1.165) is 19.3 Å². The van der Waals surface area contributed by atoms with Gasteiger partial charge in [-0.05, 0) is 121 Å². The van der Waals surface area contributed by atoms with E-state index in [1.165, 1.54) is 0 Å². The molecule has 15 heteroatoms. The number of rotatable bonds is 13. The number of benzene rings is 1. The summed E-state index contributed by atoms with van der Waals surface area (Å²) in [5.74, 6) is 0.271. The van der Waals surface area contributed by atoms with Gasteiger partial charge in [-0.1, -0.05) is 40.7 Å². The molecule has 1 amide bonds. The summed E-state index contributed by atoms with van der Waals surface area (Å²) < 4.78 is 43.5. The third-order valence-corrected chi connectivity index (χ3v) is 17.6. The van der Waals surface area contributed by atoms with Gasteiger partial charge in [0.1, 0.15) is 28.6 Å². The van der Waals surface area contributed by atoms with Gasteiger partial charge in [-0.15, -0.1) is 0 Å². The number of nitrogens with zero attached hydrogens (tertiary/aromatic N) is 1. The van der Waals surface area contributed by atoms with Gasteiger partial charge in [-0.3, -0.25) is 14.5 Å². The number of carbonyl (C=O) groups excluding carboxylic acids is 3. The first-order valence-electron chi connectivity index (χ1n) is 20.8. The van der Waals surface area contributed by atoms with Crippen LogP contribution < -0.4 is 15.0 Å². The predicted molar refractivity (Wildman–Crippen MR) is 218 cm³/mol. The standard InChI is InChI=1S/C42H67BN2O11Si/c1-38(2,3)53-36(47)34-30(51-26-22-45(23-26)24-33(46)44-49-17-18-50-57(13,14)40(7,8)9)16-15-27(35(34)52-37(48)54-39(4,5)6)28-21-29(28)43-55-32-20-25-19-31(41(25,10)11)42(32,12)56-43/h15-16,25-26,28-29,31-32H,17-24H2,1-14H3,(H,44,46)/t25-,28?,29?,31-,32?,42-/m0/s1. The van der Waals surface area contributed by atoms with Gasteiger partial charge >= 0.3 is 19.2 Å². The monoisotopic (exact) mass is 814 g/mol. The Hall–Kier alpha value is -2.69. The van der Waals surface area contributed by atoms with Crippen molar-refractivity contribution in [1.29, 1.82) is 0 Å². The first-order chi connectivity index (χ1) is 26.2. The van der Waals surface area contributed by atoms with Gasteiger partial charge in [0.05, 0.1) is 31.5 Å². The number of hydrogen-bond acceptors (Lipinski definition) is 12. The zero-order valence-electron chi connectivity index (χ0n) is 36.8. The average molecular weight is 815 g/mol. The van der Waals surface area contributed by atoms with E-state index < -0.39 is 38.8 Å². The molecule has 2 aliphatic heterocycles. The van der Waals surface area contributed by atoms with Crippen LogP contribution in [0.4, 0.5) is 4.79 Å². The Kier molecular flexibility index (Phi) is 11.9. The number of hydroxylamine groups is 1. The Morgan fingerprint density at radius 3 is 2.21 bits per heavy atom. The van der Waals surface area contributed by atoms with Crippen LogP contribution in [0.5, 0.6) is 11.5 Å². The highest BCUT2D eigenvalue weighted by molar-refractivity contribution is 6.74. The molecule has 1 aromatic carbocycles. The zero-order chi connectivity index (χ0) is 42.1. The molecule has 3 unspecified atom stereocenters. The van der Waals surface area contributed by atoms with Crippen LogP contribution in [-0.4, -0.2) is 100 Å². The minimum atomic E-state index is -1.90. The van der Waals surface area contributed by atoms with Crippen molar-refractivity contribution in [1.82, 2.24) is 10.4 Å². The Labute approximate surface area is 341 Å². The molecule has 6 aliphatic rings. The molecule has 2 heterocycles. The number of amides is 1. The van der Waals surface area contributed by atoms with E-state index in [9.17, 15) is 14.4 Å². The Morgan fingerprint density at radius 1 is 0.930 bits per heavy atom. The van der Waals surface area contributed by atoms with Crippen molar-refractivity contribution in [2.24, 2.45) is 17.3 Å². The van der Waals surface area contributed by atoms with Gasteiger partial charge in [0.15, 0.2) is 14.1 Å². The molecular weight excluding hydrogens is 747 g/mol. The molecule has 2 bridgehead atoms. The summed E-state index contributed by atoms with van der Waals surface area (Å²) in [6.45, 7) is 30.0. The Morgan fingerprint density at radius 2 is 1.60 bits per heavy atom. The second-order valence-corrected chi connectivity index (χ2v) is 26.0. The van der Waals surface area contributed by atoms with Gasteiger partial charge in [-0.25, -0.2) is 15.1 Å². The molecule has 1 N–H and O–H groups in total. The van der Waals surface area contributed by atoms with Crippen LogP contribution >= 0.6 is 0 Å². The average Bonchev–Trinajstić information content (AvgIpc) is 3.74. The van der Waals surface area contributed by atoms with Gasteiger partial charge in [0, 0.05) is 18.9 Å². The van der Waals surface area contributed by atoms with E-state index in [4.69, 9.17) is 37.5 Å². The summed E-state index contributed by atoms with van der Waals surface area (Å²) >= 11 is 0. The van der Waals surface area contributed by atoms with E-state index in [-0.39, 0.29) is 76.1 Å². The number of likely N-dealkylation sites (tertiary alicyclic amines) is 1. The Bertz CT molecular complexity index is 1700. The third-order valence-electron chi connectivity index (χ3n) is 13.1. The smallest absolute Gasteiger partial charge is 0.487 e. The fourth-order valence-corrected chi connectivity index (χ4v) is 9.77. The van der Waals surface area contributed by atoms with Crippen molar-refractivity contribution in [3.63, 3.8) is 0 Å². The van der Waals surface area contributed by atoms with Crippen LogP contribution in [0.1, 0.15) is 124 Å². The number of ether oxygens (including phenoxy) is 4. The minimum Gasteiger partial charge on any atom is -0.487 e. The minimum absolute atomic E-state index is 0.00649. The van der Waals surface area contributed by atoms with E-state index in [2.05, 4.69) is 60.1 Å². The fraction of sp³-hybridized carbons (Fsp3) is 0.786. The Balaban J connectivity index is 1.15. The molecule has 4 aliphatic carbocycles. The maximum absolute atomic E-state index is 14.1. The first kappa shape index (κ1) is 43.9. The molecule has 0 spiro atoms. The highest BCUT2D eigenvalue weighted by atomic mass is 28.4. The molecule has 6 fully saturated rings. The third kappa shape index (κ3) is 9.54. The van der Waals surface area contributed by atoms with Crippen molar-refractivity contribution < 1.29 is 51.9 Å². The highest BCUT2D eigenvalue weighted by Crippen LogP contribution is 2.68. The lowest BCUT2D eigenvalue weighted by molar-refractivity contribution is -0.199. The number of esters is 1. The highest BCUT2D eigenvalue weighted by Gasteiger charge is 2.70. The van der Waals surface area contributed by atoms with Crippen LogP contribution in [0.15, 0.2) is 12.1 Å². The molecule has 4 saturated carbocycles. The second-order valence-electron chi connectivity index (χ2n) is 21.2. The first-order valence-corrected chi connectivity index (χ1v) is 23.7. The number of hydrogen-bond donors (Lipinski definition) is 1. The van der Waals surface area contributed by atoms with Crippen molar-refractivity contribution in [2.45, 2.75) is 161 Å². The SMILES string of the molecule is CC(C)(C)OC(=O)Oc1c(C2CC2B2OC3C[C@@H]4C[C@@H](C4(C)C)[C@]3(C)O2)ccc(OC2CN(CC(=O)NOCCO[Si](C)(C)C(C)(C)C)C2)c1C(=O)OC(C)(C)C. The largest absolute Gasteiger partial charge is 0.514 e. The maximum Gasteiger partial charge on any atom is 0.514 e. The zero-order valence-corrected chi connectivity index (χ0v) is 37.8. The topological polar surface area (TPSA) is 140 Å². The van der Waals surface area contributed by atoms with E-state index in [0.29, 0.717) is 37.1 Å². The van der Waals surface area contributed by atoms with E-state index in [1.807, 2.05) is 11.0 Å². The summed E-state index contributed by atoms with van der Waals surface area (Å²) in [6, 6.07) is 3.60. The molecule has 0 radical (unpaired) electrons. The predicted octanol–water partition coefficient (Wildman–Crippen LogP) is 7.67. The maximum atomic E-state index is 14.1. The van der Waals surface area contributed by atoms with Gasteiger partial charge in [-0.2, -0.15) is 0 Å². The van der Waals surface area contributed by atoms with Gasteiger partial charge in [0.2, 0.25) is 0 Å². The lowest BCUT2D eigenvalue weighted by atomic mass is 9.43. The van der Waals surface area contributed by atoms with Crippen LogP contribution in [0.3, 0.4) is 0 Å². The number of nitrogens with one attached hydrogen (secondary N) is 1. The molecule has 318 valence electrons. The van der Waals surface area contributed by atoms with Crippen molar-refractivity contribution >= 4 is 33.5 Å². The van der Waals surface area contributed by atoms with Crippen molar-refractivity contribution in [2.75, 3.05) is 32.8 Å². The summed E-state index contributed by atoms with van der Waals surface area (Å²) in [5, 5.41) is 0.0880. The van der Waals surface area contributed by atoms with Crippen LogP contribution in [-0.2, 0) is 32.8 Å². The van der Waals surface area contributed by atoms with E-state index in [1.54, 1.807) is 47.6 Å². The molecule has 6 atom stereocenters. The van der Waals surface area contributed by atoms with Crippen LogP contribution in [0.25, 0.3) is 0 Å². The van der Waals surface area contributed by atoms with Gasteiger partial charge < -0.3 is 32.7 Å². The van der Waals surface area contributed by atoms with Crippen LogP contribution in [0.2, 0.25) is 23.9 Å². The summed E-state index contributed by atoms with van der Waals surface area (Å²) in [6.07, 6.45) is 1.64. The molecule has 57 heavy (non-hydrogen) atoms. The molecule has 1 aromatic rings. The lowest BCUT2D eigenvalue weighted by Gasteiger charge is -2.64. The quantitative estimate of drug-likeness (QED) is 0.0687. The van der Waals surface area contributed by atoms with E-state index >= 15 is 0 Å². The summed E-state index contributed by atoms with van der Waals surface area (Å²) in [7, 11) is -2.31. The summed E-state index contributed by atoms with van der Waals surface area (Å²) in [4.78, 5) is 47.4. The van der Waals surface area contributed by atoms with Crippen LogP contribution in [0, 0.1) is 17.3 Å². The van der Waals surface area contributed by atoms with Crippen molar-refractivity contribution in [3.05, 3.63) is 23.3 Å². The number of carbonyl (C=O) groups is 3. The second kappa shape index (κ2) is 15.4. The normalized spacial score (nSPS) is 28.5. The lowest BCUT2D eigenvalue weighted by Crippen LogP contribution is -2.65.